The molecule has 2 aromatic rings. The van der Waals surface area contributed by atoms with Crippen molar-refractivity contribution in [3.8, 4) is 0 Å². The maximum absolute atomic E-state index is 13.1. The summed E-state index contributed by atoms with van der Waals surface area (Å²) in [6, 6.07) is 8.92. The van der Waals surface area contributed by atoms with Gasteiger partial charge in [-0.3, -0.25) is 9.69 Å². The van der Waals surface area contributed by atoms with Gasteiger partial charge in [-0.15, -0.1) is 0 Å². The molecule has 1 amide bonds. The van der Waals surface area contributed by atoms with Crippen LogP contribution in [0.1, 0.15) is 49.8 Å². The van der Waals surface area contributed by atoms with Gasteiger partial charge in [-0.05, 0) is 51.8 Å². The molecule has 1 aromatic heterocycles. The molecule has 140 valence electrons. The van der Waals surface area contributed by atoms with Gasteiger partial charge in [0.2, 0.25) is 5.91 Å². The first-order chi connectivity index (χ1) is 12.6. The van der Waals surface area contributed by atoms with Crippen LogP contribution in [-0.4, -0.2) is 47.9 Å². The molecule has 0 bridgehead atoms. The molecule has 1 saturated heterocycles. The van der Waals surface area contributed by atoms with Crippen molar-refractivity contribution in [3.63, 3.8) is 0 Å². The average Bonchev–Trinajstić information content (AvgIpc) is 3.30. The lowest BCUT2D eigenvalue weighted by Gasteiger charge is -2.42. The topological polar surface area (TPSA) is 36.7 Å². The second-order valence-electron chi connectivity index (χ2n) is 7.98. The molecule has 0 spiro atoms. The second-order valence-corrected chi connectivity index (χ2v) is 7.98. The molecule has 1 aliphatic carbocycles. The Labute approximate surface area is 156 Å². The van der Waals surface area contributed by atoms with Crippen LogP contribution in [0.2, 0.25) is 0 Å². The number of furan rings is 1. The molecule has 1 aromatic carbocycles. The molecular weight excluding hydrogens is 324 g/mol. The summed E-state index contributed by atoms with van der Waals surface area (Å²) >= 11 is 0. The Morgan fingerprint density at radius 3 is 2.69 bits per heavy atom. The van der Waals surface area contributed by atoms with E-state index in [2.05, 4.69) is 11.0 Å². The summed E-state index contributed by atoms with van der Waals surface area (Å²) < 4.78 is 5.85. The first-order valence-electron chi connectivity index (χ1n) is 10.1. The van der Waals surface area contributed by atoms with Gasteiger partial charge >= 0.3 is 0 Å². The maximum Gasteiger partial charge on any atom is 0.227 e. The highest BCUT2D eigenvalue weighted by Crippen LogP contribution is 2.30. The van der Waals surface area contributed by atoms with E-state index in [9.17, 15) is 4.79 Å². The van der Waals surface area contributed by atoms with E-state index in [1.54, 1.807) is 0 Å². The number of likely N-dealkylation sites (N-methyl/N-ethyl adjacent to an activating group) is 1. The van der Waals surface area contributed by atoms with Crippen molar-refractivity contribution in [1.82, 2.24) is 9.80 Å². The number of hydrogen-bond donors (Lipinski definition) is 0. The summed E-state index contributed by atoms with van der Waals surface area (Å²) in [5.41, 5.74) is 1.93. The van der Waals surface area contributed by atoms with Crippen LogP contribution < -0.4 is 0 Å². The fourth-order valence-corrected chi connectivity index (χ4v) is 4.94. The summed E-state index contributed by atoms with van der Waals surface area (Å²) in [6.07, 6.45) is 7.95. The number of amides is 1. The van der Waals surface area contributed by atoms with Crippen LogP contribution in [0, 0.1) is 6.92 Å². The second kappa shape index (κ2) is 7.43. The zero-order chi connectivity index (χ0) is 18.1. The minimum absolute atomic E-state index is 0.218. The third kappa shape index (κ3) is 3.27. The Morgan fingerprint density at radius 1 is 1.15 bits per heavy atom. The quantitative estimate of drug-likeness (QED) is 0.828. The Balaban J connectivity index is 1.52. The van der Waals surface area contributed by atoms with Gasteiger partial charge in [-0.1, -0.05) is 31.0 Å². The van der Waals surface area contributed by atoms with Crippen LogP contribution in [-0.2, 0) is 11.2 Å². The van der Waals surface area contributed by atoms with E-state index in [0.29, 0.717) is 18.5 Å². The normalized spacial score (nSPS) is 24.2. The van der Waals surface area contributed by atoms with Crippen molar-refractivity contribution in [1.29, 1.82) is 0 Å². The number of benzene rings is 1. The van der Waals surface area contributed by atoms with Gasteiger partial charge in [0.05, 0.1) is 6.42 Å². The lowest BCUT2D eigenvalue weighted by molar-refractivity contribution is -0.133. The maximum atomic E-state index is 13.1. The number of nitrogens with zero attached hydrogens (tertiary/aromatic N) is 2. The molecule has 26 heavy (non-hydrogen) atoms. The molecule has 0 N–H and O–H groups in total. The predicted molar refractivity (Wildman–Crippen MR) is 104 cm³/mol. The number of aryl methyl sites for hydroxylation is 1. The Kier molecular flexibility index (Phi) is 5.03. The number of carbonyl (C=O) groups excluding carboxylic acids is 1. The summed E-state index contributed by atoms with van der Waals surface area (Å²) in [7, 11) is 2.01. The van der Waals surface area contributed by atoms with Crippen LogP contribution in [0.25, 0.3) is 11.0 Å². The van der Waals surface area contributed by atoms with E-state index in [1.807, 2.05) is 37.1 Å². The Bertz CT molecular complexity index is 776. The lowest BCUT2D eigenvalue weighted by atomic mass is 9.88. The highest BCUT2D eigenvalue weighted by molar-refractivity contribution is 5.88. The van der Waals surface area contributed by atoms with E-state index >= 15 is 0 Å². The van der Waals surface area contributed by atoms with Gasteiger partial charge < -0.3 is 9.32 Å². The first-order valence-corrected chi connectivity index (χ1v) is 10.1. The molecule has 4 heteroatoms. The molecule has 2 aliphatic rings. The largest absolute Gasteiger partial charge is 0.461 e. The number of rotatable bonds is 4. The molecule has 2 heterocycles. The van der Waals surface area contributed by atoms with Crippen LogP contribution in [0.3, 0.4) is 0 Å². The van der Waals surface area contributed by atoms with Crippen molar-refractivity contribution < 1.29 is 9.21 Å². The van der Waals surface area contributed by atoms with Crippen molar-refractivity contribution in [2.45, 2.75) is 64.0 Å². The number of likely N-dealkylation sites (tertiary alicyclic amines) is 1. The number of hydrogen-bond acceptors (Lipinski definition) is 3. The molecular formula is C22H30N2O2. The van der Waals surface area contributed by atoms with Crippen molar-refractivity contribution in [2.75, 3.05) is 20.1 Å². The van der Waals surface area contributed by atoms with E-state index in [-0.39, 0.29) is 5.91 Å². The van der Waals surface area contributed by atoms with E-state index in [1.165, 1.54) is 45.2 Å². The van der Waals surface area contributed by atoms with Crippen LogP contribution >= 0.6 is 0 Å². The van der Waals surface area contributed by atoms with E-state index in [0.717, 1.165) is 28.7 Å². The van der Waals surface area contributed by atoms with Gasteiger partial charge in [0.15, 0.2) is 0 Å². The average molecular weight is 354 g/mol. The monoisotopic (exact) mass is 354 g/mol. The van der Waals surface area contributed by atoms with Crippen molar-refractivity contribution in [3.05, 3.63) is 35.6 Å². The van der Waals surface area contributed by atoms with Gasteiger partial charge in [0.25, 0.3) is 0 Å². The highest BCUT2D eigenvalue weighted by atomic mass is 16.3. The zero-order valence-corrected chi connectivity index (χ0v) is 16.0. The summed E-state index contributed by atoms with van der Waals surface area (Å²) in [6.45, 7) is 4.37. The first kappa shape index (κ1) is 17.6. The Morgan fingerprint density at radius 2 is 1.88 bits per heavy atom. The summed E-state index contributed by atoms with van der Waals surface area (Å²) in [4.78, 5) is 17.8. The molecule has 4 nitrogen and oxygen atoms in total. The minimum atomic E-state index is 0.218. The highest BCUT2D eigenvalue weighted by Gasteiger charge is 2.35. The van der Waals surface area contributed by atoms with E-state index in [4.69, 9.17) is 4.42 Å². The minimum Gasteiger partial charge on any atom is -0.461 e. The number of fused-ring (bicyclic) bond motifs is 1. The van der Waals surface area contributed by atoms with Gasteiger partial charge in [0, 0.05) is 30.1 Å². The molecule has 2 atom stereocenters. The van der Waals surface area contributed by atoms with Gasteiger partial charge in [-0.25, -0.2) is 0 Å². The third-order valence-corrected chi connectivity index (χ3v) is 6.42. The predicted octanol–water partition coefficient (Wildman–Crippen LogP) is 4.15. The number of carbonyl (C=O) groups is 1. The summed E-state index contributed by atoms with van der Waals surface area (Å²) in [5, 5.41) is 1.08. The molecule has 0 radical (unpaired) electrons. The lowest BCUT2D eigenvalue weighted by Crippen LogP contribution is -2.53. The number of para-hydroxylation sites is 1. The van der Waals surface area contributed by atoms with Gasteiger partial charge in [-0.2, -0.15) is 0 Å². The molecule has 2 fully saturated rings. The summed E-state index contributed by atoms with van der Waals surface area (Å²) in [5.74, 6) is 1.09. The smallest absolute Gasteiger partial charge is 0.227 e. The van der Waals surface area contributed by atoms with Crippen molar-refractivity contribution >= 4 is 16.9 Å². The standard InChI is InChI=1S/C22H30N2O2/c1-16-18(17-9-3-6-12-21(17)26-16)15-22(25)23(2)19-10-4-5-11-20(19)24-13-7-8-14-24/h3,6,9,12,19-20H,4-5,7-8,10-11,13-15H2,1-2H3/t19-,20-/m1/s1. The third-order valence-electron chi connectivity index (χ3n) is 6.42. The fraction of sp³-hybridized carbons (Fsp3) is 0.591. The SMILES string of the molecule is Cc1oc2ccccc2c1CC(=O)N(C)[C@@H]1CCCC[C@H]1N1CCCC1. The molecule has 0 unspecified atom stereocenters. The van der Waals surface area contributed by atoms with Gasteiger partial charge in [0.1, 0.15) is 11.3 Å². The van der Waals surface area contributed by atoms with E-state index < -0.39 is 0 Å². The fourth-order valence-electron chi connectivity index (χ4n) is 4.94. The van der Waals surface area contributed by atoms with Crippen LogP contribution in [0.4, 0.5) is 0 Å². The molecule has 1 saturated carbocycles. The van der Waals surface area contributed by atoms with Crippen LogP contribution in [0.5, 0.6) is 0 Å². The van der Waals surface area contributed by atoms with Crippen molar-refractivity contribution in [2.24, 2.45) is 0 Å². The van der Waals surface area contributed by atoms with Crippen LogP contribution in [0.15, 0.2) is 28.7 Å². The molecule has 1 aliphatic heterocycles. The zero-order valence-electron chi connectivity index (χ0n) is 16.0. The molecule has 4 rings (SSSR count). The Hall–Kier alpha value is -1.81.